The van der Waals surface area contributed by atoms with Crippen molar-refractivity contribution in [3.63, 3.8) is 0 Å². The van der Waals surface area contributed by atoms with Crippen LogP contribution in [0.2, 0.25) is 0 Å². The molecule has 1 aromatic carbocycles. The molecule has 160 valence electrons. The summed E-state index contributed by atoms with van der Waals surface area (Å²) in [4.78, 5) is 32.5. The van der Waals surface area contributed by atoms with Crippen LogP contribution in [-0.4, -0.2) is 35.0 Å². The van der Waals surface area contributed by atoms with Crippen molar-refractivity contribution in [2.75, 3.05) is 0 Å². The summed E-state index contributed by atoms with van der Waals surface area (Å²) in [5.41, 5.74) is -11.9. The molecule has 0 aliphatic heterocycles. The molecule has 0 radical (unpaired) electrons. The standard InChI is InChI=1S/C11HF13O4/c12-6(13,1-2(25)4(27)5(28)3(1)26)7(14,15)8(16,17)9(18,19)10(20,21)11(22,23)24/h25H. The Labute approximate surface area is 141 Å². The smallest absolute Gasteiger partial charge is 0.460 e. The molecule has 1 aromatic rings. The monoisotopic (exact) mass is 444 g/mol. The van der Waals surface area contributed by atoms with Crippen LogP contribution in [0, 0.1) is 0 Å². The Morgan fingerprint density at radius 3 is 1.14 bits per heavy atom. The number of hydrogen-bond donors (Lipinski definition) is 1. The molecule has 28 heavy (non-hydrogen) atoms. The van der Waals surface area contributed by atoms with Gasteiger partial charge in [-0.3, -0.25) is 14.4 Å². The molecule has 0 saturated carbocycles. The zero-order chi connectivity index (χ0) is 22.9. The van der Waals surface area contributed by atoms with E-state index in [-0.39, 0.29) is 0 Å². The normalized spacial score (nSPS) is 15.2. The molecular formula is C11HF13O4. The van der Waals surface area contributed by atoms with Crippen LogP contribution < -0.4 is 16.3 Å². The van der Waals surface area contributed by atoms with Crippen molar-refractivity contribution in [1.82, 2.24) is 0 Å². The lowest BCUT2D eigenvalue weighted by Gasteiger charge is -2.39. The van der Waals surface area contributed by atoms with Gasteiger partial charge in [0.15, 0.2) is 5.75 Å². The highest BCUT2D eigenvalue weighted by atomic mass is 19.4. The second-order valence-electron chi connectivity index (χ2n) is 5.08. The van der Waals surface area contributed by atoms with Gasteiger partial charge in [-0.25, -0.2) is 0 Å². The molecule has 0 bridgehead atoms. The molecule has 17 heteroatoms. The lowest BCUT2D eigenvalue weighted by atomic mass is 9.91. The van der Waals surface area contributed by atoms with E-state index in [1.165, 1.54) is 0 Å². The minimum atomic E-state index is -8.23. The molecule has 0 aromatic heterocycles. The Morgan fingerprint density at radius 2 is 0.857 bits per heavy atom. The molecule has 0 spiro atoms. The summed E-state index contributed by atoms with van der Waals surface area (Å²) in [5, 5.41) is 8.77. The first-order valence-electron chi connectivity index (χ1n) is 6.04. The Bertz CT molecular complexity index is 920. The highest BCUT2D eigenvalue weighted by molar-refractivity contribution is 5.40. The van der Waals surface area contributed by atoms with Gasteiger partial charge in [-0.15, -0.1) is 0 Å². The minimum absolute atomic E-state index is 2.66. The third-order valence-electron chi connectivity index (χ3n) is 3.34. The Kier molecular flexibility index (Phi) is 4.92. The summed E-state index contributed by atoms with van der Waals surface area (Å²) >= 11 is 0. The maximum Gasteiger partial charge on any atom is 0.460 e. The lowest BCUT2D eigenvalue weighted by molar-refractivity contribution is -0.441. The van der Waals surface area contributed by atoms with E-state index in [0.29, 0.717) is 0 Å². The first-order chi connectivity index (χ1) is 12.0. The number of aromatic hydroxyl groups is 1. The first-order valence-corrected chi connectivity index (χ1v) is 6.04. The molecule has 0 heterocycles. The highest BCUT2D eigenvalue weighted by Crippen LogP contribution is 2.62. The predicted molar refractivity (Wildman–Crippen MR) is 59.0 cm³/mol. The van der Waals surface area contributed by atoms with Gasteiger partial charge in [0.1, 0.15) is 5.56 Å². The second kappa shape index (κ2) is 5.82. The van der Waals surface area contributed by atoms with Crippen LogP contribution in [0.5, 0.6) is 5.75 Å². The van der Waals surface area contributed by atoms with Crippen molar-refractivity contribution in [2.24, 2.45) is 0 Å². The van der Waals surface area contributed by atoms with Gasteiger partial charge in [0, 0.05) is 0 Å². The molecular weight excluding hydrogens is 443 g/mol. The molecule has 1 rings (SSSR count). The summed E-state index contributed by atoms with van der Waals surface area (Å²) in [6.45, 7) is 0. The number of alkyl halides is 13. The molecule has 0 amide bonds. The Morgan fingerprint density at radius 1 is 0.500 bits per heavy atom. The van der Waals surface area contributed by atoms with E-state index in [2.05, 4.69) is 0 Å². The summed E-state index contributed by atoms with van der Waals surface area (Å²) in [6.07, 6.45) is -7.62. The maximum atomic E-state index is 13.6. The van der Waals surface area contributed by atoms with Crippen LogP contribution in [0.4, 0.5) is 57.1 Å². The molecule has 1 N–H and O–H groups in total. The van der Waals surface area contributed by atoms with Crippen molar-refractivity contribution < 1.29 is 62.2 Å². The fourth-order valence-electron chi connectivity index (χ4n) is 1.76. The van der Waals surface area contributed by atoms with Gasteiger partial charge in [-0.2, -0.15) is 57.1 Å². The van der Waals surface area contributed by atoms with E-state index in [0.717, 1.165) is 0 Å². The van der Waals surface area contributed by atoms with Crippen LogP contribution in [-0.2, 0) is 5.92 Å². The Hall–Kier alpha value is -2.36. The van der Waals surface area contributed by atoms with Gasteiger partial charge in [0.25, 0.3) is 10.9 Å². The van der Waals surface area contributed by atoms with Crippen LogP contribution in [0.3, 0.4) is 0 Å². The van der Waals surface area contributed by atoms with Crippen molar-refractivity contribution in [3.8, 4) is 5.75 Å². The second-order valence-corrected chi connectivity index (χ2v) is 5.08. The van der Waals surface area contributed by atoms with Gasteiger partial charge in [0.05, 0.1) is 0 Å². The van der Waals surface area contributed by atoms with Crippen LogP contribution in [0.1, 0.15) is 5.56 Å². The number of rotatable bonds is 5. The maximum absolute atomic E-state index is 13.6. The third kappa shape index (κ3) is 2.57. The van der Waals surface area contributed by atoms with Crippen LogP contribution >= 0.6 is 0 Å². The van der Waals surface area contributed by atoms with E-state index in [1.54, 1.807) is 0 Å². The average molecular weight is 444 g/mol. The molecule has 0 aliphatic rings. The summed E-state index contributed by atoms with van der Waals surface area (Å²) in [6, 6.07) is 0. The SMILES string of the molecule is O=c1c(O)c(C(F)(F)C(F)(F)C(F)(F)C(F)(F)C(F)(F)C(F)(F)F)c(=O)c1=O. The minimum Gasteiger partial charge on any atom is -0.504 e. The van der Waals surface area contributed by atoms with Crippen LogP contribution in [0.25, 0.3) is 0 Å². The summed E-state index contributed by atoms with van der Waals surface area (Å²) < 4.78 is 168. The highest BCUT2D eigenvalue weighted by Gasteiger charge is 2.91. The topological polar surface area (TPSA) is 71.4 Å². The van der Waals surface area contributed by atoms with E-state index in [9.17, 15) is 71.5 Å². The van der Waals surface area contributed by atoms with Gasteiger partial charge in [-0.1, -0.05) is 0 Å². The van der Waals surface area contributed by atoms with Gasteiger partial charge in [-0.05, 0) is 0 Å². The summed E-state index contributed by atoms with van der Waals surface area (Å²) in [7, 11) is 0. The molecule has 0 unspecified atom stereocenters. The van der Waals surface area contributed by atoms with Crippen molar-refractivity contribution in [3.05, 3.63) is 36.2 Å². The van der Waals surface area contributed by atoms with Crippen molar-refractivity contribution in [2.45, 2.75) is 35.8 Å². The molecule has 0 saturated heterocycles. The molecule has 0 aliphatic carbocycles. The fourth-order valence-corrected chi connectivity index (χ4v) is 1.76. The van der Waals surface area contributed by atoms with E-state index < -0.39 is 63.4 Å². The van der Waals surface area contributed by atoms with Gasteiger partial charge < -0.3 is 5.11 Å². The quantitative estimate of drug-likeness (QED) is 0.560. The van der Waals surface area contributed by atoms with Crippen molar-refractivity contribution >= 4 is 0 Å². The first kappa shape index (κ1) is 23.7. The number of hydrogen-bond acceptors (Lipinski definition) is 4. The van der Waals surface area contributed by atoms with E-state index >= 15 is 0 Å². The number of halogens is 13. The third-order valence-corrected chi connectivity index (χ3v) is 3.34. The van der Waals surface area contributed by atoms with E-state index in [1.807, 2.05) is 0 Å². The Balaban J connectivity index is 3.82. The fraction of sp³-hybridized carbons (Fsp3) is 0.545. The molecule has 0 atom stereocenters. The zero-order valence-electron chi connectivity index (χ0n) is 12.1. The van der Waals surface area contributed by atoms with Crippen molar-refractivity contribution in [1.29, 1.82) is 0 Å². The summed E-state index contributed by atoms with van der Waals surface area (Å²) in [5.74, 6) is -42.4. The molecule has 0 fully saturated rings. The largest absolute Gasteiger partial charge is 0.504 e. The van der Waals surface area contributed by atoms with E-state index in [4.69, 9.17) is 5.11 Å². The van der Waals surface area contributed by atoms with Crippen LogP contribution in [0.15, 0.2) is 14.4 Å². The molecule has 4 nitrogen and oxygen atoms in total. The van der Waals surface area contributed by atoms with Gasteiger partial charge in [0.2, 0.25) is 5.43 Å². The van der Waals surface area contributed by atoms with Gasteiger partial charge >= 0.3 is 35.8 Å². The average Bonchev–Trinajstić information content (AvgIpc) is 2.69. The predicted octanol–water partition coefficient (Wildman–Crippen LogP) is 2.54. The zero-order valence-corrected chi connectivity index (χ0v) is 12.1. The lowest BCUT2D eigenvalue weighted by Crippen LogP contribution is -2.69.